The zero-order valence-electron chi connectivity index (χ0n) is 16.2. The predicted molar refractivity (Wildman–Crippen MR) is 108 cm³/mol. The van der Waals surface area contributed by atoms with Crippen LogP contribution in [0.5, 0.6) is 0 Å². The summed E-state index contributed by atoms with van der Waals surface area (Å²) in [4.78, 5) is 39.6. The number of carbonyl (C=O) groups is 3. The van der Waals surface area contributed by atoms with Gasteiger partial charge in [0, 0.05) is 17.6 Å². The number of thiazole rings is 1. The van der Waals surface area contributed by atoms with Crippen LogP contribution in [0.15, 0.2) is 29.6 Å². The number of nitrogens with one attached hydrogen (secondary N) is 3. The van der Waals surface area contributed by atoms with Crippen molar-refractivity contribution in [3.05, 3.63) is 41.2 Å². The fourth-order valence-corrected chi connectivity index (χ4v) is 2.80. The first-order chi connectivity index (χ1) is 13.8. The molecular weight excluding hydrogens is 399 g/mol. The predicted octanol–water partition coefficient (Wildman–Crippen LogP) is 2.65. The zero-order valence-corrected chi connectivity index (χ0v) is 17.0. The van der Waals surface area contributed by atoms with Gasteiger partial charge in [0.1, 0.15) is 5.82 Å². The number of hydrogen-bond acceptors (Lipinski definition) is 7. The minimum absolute atomic E-state index is 0.115. The number of hydrogen-bond donors (Lipinski definition) is 3. The second-order valence-corrected chi connectivity index (χ2v) is 7.41. The number of aromatic nitrogens is 1. The lowest BCUT2D eigenvalue weighted by Crippen LogP contribution is -2.35. The molecule has 0 aliphatic heterocycles. The number of esters is 1. The smallest absolute Gasteiger partial charge is 0.358 e. The van der Waals surface area contributed by atoms with Crippen LogP contribution < -0.4 is 16.0 Å². The van der Waals surface area contributed by atoms with Gasteiger partial charge in [-0.25, -0.2) is 14.2 Å². The maximum Gasteiger partial charge on any atom is 0.358 e. The zero-order chi connectivity index (χ0) is 21.2. The summed E-state index contributed by atoms with van der Waals surface area (Å²) in [6.45, 7) is 4.14. The molecule has 0 spiro atoms. The Bertz CT molecular complexity index is 839. The Kier molecular flexibility index (Phi) is 8.53. The summed E-state index contributed by atoms with van der Waals surface area (Å²) in [7, 11) is 0. The van der Waals surface area contributed by atoms with Crippen LogP contribution in [0.3, 0.4) is 0 Å². The van der Waals surface area contributed by atoms with E-state index in [1.807, 2.05) is 0 Å². The lowest BCUT2D eigenvalue weighted by atomic mass is 10.1. The maximum atomic E-state index is 12.8. The second kappa shape index (κ2) is 11.1. The summed E-state index contributed by atoms with van der Waals surface area (Å²) >= 11 is 1.28. The van der Waals surface area contributed by atoms with E-state index in [0.29, 0.717) is 16.7 Å². The largest absolute Gasteiger partial charge is 0.451 e. The quantitative estimate of drug-likeness (QED) is 0.508. The normalized spacial score (nSPS) is 10.5. The number of rotatable bonds is 10. The molecule has 0 aliphatic rings. The summed E-state index contributed by atoms with van der Waals surface area (Å²) in [5.74, 6) is -1.70. The highest BCUT2D eigenvalue weighted by Gasteiger charge is 2.14. The Morgan fingerprint density at radius 1 is 1.17 bits per heavy atom. The molecule has 2 amide bonds. The molecular formula is C19H23FN4O4S. The molecule has 8 nitrogen and oxygen atoms in total. The van der Waals surface area contributed by atoms with E-state index in [9.17, 15) is 18.8 Å². The van der Waals surface area contributed by atoms with Crippen molar-refractivity contribution in [1.29, 1.82) is 0 Å². The van der Waals surface area contributed by atoms with E-state index in [0.717, 1.165) is 13.0 Å². The highest BCUT2D eigenvalue weighted by molar-refractivity contribution is 7.13. The van der Waals surface area contributed by atoms with E-state index >= 15 is 0 Å². The first-order valence-corrected chi connectivity index (χ1v) is 9.90. The van der Waals surface area contributed by atoms with Crippen molar-refractivity contribution in [3.63, 3.8) is 0 Å². The first kappa shape index (κ1) is 22.3. The first-order valence-electron chi connectivity index (χ1n) is 9.02. The molecule has 156 valence electrons. The minimum Gasteiger partial charge on any atom is -0.451 e. The number of anilines is 2. The van der Waals surface area contributed by atoms with Crippen molar-refractivity contribution in [2.75, 3.05) is 30.3 Å². The van der Waals surface area contributed by atoms with Gasteiger partial charge < -0.3 is 20.7 Å². The minimum atomic E-state index is -0.718. The molecule has 3 N–H and O–H groups in total. The summed E-state index contributed by atoms with van der Waals surface area (Å²) < 4.78 is 17.7. The molecule has 1 aromatic carbocycles. The topological polar surface area (TPSA) is 109 Å². The second-order valence-electron chi connectivity index (χ2n) is 6.56. The number of nitrogens with zero attached hydrogens (tertiary/aromatic N) is 1. The van der Waals surface area contributed by atoms with Gasteiger partial charge in [0.2, 0.25) is 5.91 Å². The van der Waals surface area contributed by atoms with Crippen LogP contribution in [0.2, 0.25) is 0 Å². The van der Waals surface area contributed by atoms with Gasteiger partial charge in [-0.2, -0.15) is 0 Å². The van der Waals surface area contributed by atoms with E-state index in [-0.39, 0.29) is 12.2 Å². The summed E-state index contributed by atoms with van der Waals surface area (Å²) in [6.07, 6.45) is 0.980. The van der Waals surface area contributed by atoms with Gasteiger partial charge in [0.25, 0.3) is 5.91 Å². The molecule has 0 aliphatic carbocycles. The third-order valence-electron chi connectivity index (χ3n) is 3.62. The Morgan fingerprint density at radius 3 is 2.59 bits per heavy atom. The average Bonchev–Trinajstić information content (AvgIpc) is 3.15. The van der Waals surface area contributed by atoms with E-state index in [1.54, 1.807) is 5.38 Å². The van der Waals surface area contributed by atoms with Crippen LogP contribution in [0.1, 0.15) is 30.8 Å². The van der Waals surface area contributed by atoms with Crippen LogP contribution in [0, 0.1) is 11.7 Å². The molecule has 0 saturated heterocycles. The molecule has 2 aromatic rings. The number of carbonyl (C=O) groups excluding carboxylic acids is 3. The van der Waals surface area contributed by atoms with Crippen LogP contribution in [-0.4, -0.2) is 42.5 Å². The Balaban J connectivity index is 1.67. The van der Waals surface area contributed by atoms with Crippen molar-refractivity contribution in [2.45, 2.75) is 20.3 Å². The van der Waals surface area contributed by atoms with Gasteiger partial charge in [0.15, 0.2) is 17.4 Å². The highest BCUT2D eigenvalue weighted by atomic mass is 32.1. The van der Waals surface area contributed by atoms with Crippen molar-refractivity contribution in [2.24, 2.45) is 5.92 Å². The average molecular weight is 422 g/mol. The molecule has 0 bridgehead atoms. The highest BCUT2D eigenvalue weighted by Crippen LogP contribution is 2.16. The van der Waals surface area contributed by atoms with E-state index in [4.69, 9.17) is 4.74 Å². The van der Waals surface area contributed by atoms with Crippen molar-refractivity contribution < 1.29 is 23.5 Å². The SMILES string of the molecule is CC(C)CCNc1nc(C(=O)OCC(=O)NCC(=O)Nc2ccc(F)cc2)cs1. The van der Waals surface area contributed by atoms with Gasteiger partial charge in [-0.3, -0.25) is 9.59 Å². The van der Waals surface area contributed by atoms with Crippen LogP contribution in [-0.2, 0) is 14.3 Å². The molecule has 1 aromatic heterocycles. The molecule has 2 rings (SSSR count). The van der Waals surface area contributed by atoms with Gasteiger partial charge in [-0.15, -0.1) is 11.3 Å². The Labute approximate surface area is 171 Å². The summed E-state index contributed by atoms with van der Waals surface area (Å²) in [6, 6.07) is 5.21. The van der Waals surface area contributed by atoms with Gasteiger partial charge in [-0.05, 0) is 36.6 Å². The van der Waals surface area contributed by atoms with Crippen LogP contribution in [0.25, 0.3) is 0 Å². The van der Waals surface area contributed by atoms with E-state index in [1.165, 1.54) is 35.6 Å². The fourth-order valence-electron chi connectivity index (χ4n) is 2.09. The molecule has 0 saturated carbocycles. The number of amides is 2. The monoisotopic (exact) mass is 422 g/mol. The van der Waals surface area contributed by atoms with E-state index in [2.05, 4.69) is 34.8 Å². The van der Waals surface area contributed by atoms with Crippen molar-refractivity contribution >= 4 is 39.9 Å². The molecule has 0 fully saturated rings. The van der Waals surface area contributed by atoms with Gasteiger partial charge >= 0.3 is 5.97 Å². The standard InChI is InChI=1S/C19H23FN4O4S/c1-12(2)7-8-21-19-24-15(11-29-19)18(27)28-10-17(26)22-9-16(25)23-14-5-3-13(20)4-6-14/h3-6,11-12H,7-10H2,1-2H3,(H,21,24)(H,22,26)(H,23,25). The molecule has 10 heteroatoms. The fraction of sp³-hybridized carbons (Fsp3) is 0.368. The molecule has 29 heavy (non-hydrogen) atoms. The number of benzene rings is 1. The third-order valence-corrected chi connectivity index (χ3v) is 4.42. The van der Waals surface area contributed by atoms with Gasteiger partial charge in [0.05, 0.1) is 6.54 Å². The maximum absolute atomic E-state index is 12.8. The third kappa shape index (κ3) is 8.26. The van der Waals surface area contributed by atoms with Crippen molar-refractivity contribution in [3.8, 4) is 0 Å². The summed E-state index contributed by atoms with van der Waals surface area (Å²) in [5, 5.41) is 10.1. The molecule has 0 atom stereocenters. The lowest BCUT2D eigenvalue weighted by molar-refractivity contribution is -0.126. The molecule has 1 heterocycles. The van der Waals surface area contributed by atoms with Crippen molar-refractivity contribution in [1.82, 2.24) is 10.3 Å². The van der Waals surface area contributed by atoms with Crippen LogP contribution in [0.4, 0.5) is 15.2 Å². The molecule has 0 unspecified atom stereocenters. The Morgan fingerprint density at radius 2 is 1.90 bits per heavy atom. The Hall–Kier alpha value is -3.01. The lowest BCUT2D eigenvalue weighted by Gasteiger charge is -2.07. The number of ether oxygens (including phenoxy) is 1. The summed E-state index contributed by atoms with van der Waals surface area (Å²) in [5.41, 5.74) is 0.516. The van der Waals surface area contributed by atoms with Gasteiger partial charge in [-0.1, -0.05) is 13.8 Å². The number of halogens is 1. The van der Waals surface area contributed by atoms with E-state index < -0.39 is 30.2 Å². The molecule has 0 radical (unpaired) electrons. The van der Waals surface area contributed by atoms with Crippen LogP contribution >= 0.6 is 11.3 Å².